The number of primary amides is 1. The predicted octanol–water partition coefficient (Wildman–Crippen LogP) is 3.92. The lowest BCUT2D eigenvalue weighted by Crippen LogP contribution is -2.18. The van der Waals surface area contributed by atoms with Crippen LogP contribution in [0, 0.1) is 0 Å². The van der Waals surface area contributed by atoms with Crippen LogP contribution < -0.4 is 11.4 Å². The van der Waals surface area contributed by atoms with Crippen LogP contribution in [0.5, 0.6) is 0 Å². The monoisotopic (exact) mass is 466 g/mol. The molecule has 2 aromatic carbocycles. The molecule has 3 heterocycles. The zero-order valence-corrected chi connectivity index (χ0v) is 18.0. The fourth-order valence-corrected chi connectivity index (χ4v) is 4.07. The second-order valence-electron chi connectivity index (χ2n) is 7.28. The van der Waals surface area contributed by atoms with Crippen molar-refractivity contribution in [2.24, 2.45) is 5.73 Å². The number of halogens is 2. The number of hydrogen-bond acceptors (Lipinski definition) is 4. The summed E-state index contributed by atoms with van der Waals surface area (Å²) < 4.78 is 1.47. The molecule has 8 nitrogen and oxygen atoms in total. The summed E-state index contributed by atoms with van der Waals surface area (Å²) in [6, 6.07) is 12.8. The number of aromatic amines is 2. The number of H-pyrrole nitrogens is 2. The summed E-state index contributed by atoms with van der Waals surface area (Å²) in [5.41, 5.74) is 8.18. The number of hydrogen-bond donors (Lipinski definition) is 3. The molecule has 0 unspecified atom stereocenters. The molecule has 1 amide bonds. The van der Waals surface area contributed by atoms with Crippen molar-refractivity contribution in [3.05, 3.63) is 80.4 Å². The van der Waals surface area contributed by atoms with Gasteiger partial charge < -0.3 is 15.7 Å². The van der Waals surface area contributed by atoms with Crippen LogP contribution in [0.1, 0.15) is 16.1 Å². The predicted molar refractivity (Wildman–Crippen MR) is 124 cm³/mol. The van der Waals surface area contributed by atoms with Gasteiger partial charge in [0, 0.05) is 29.2 Å². The largest absolute Gasteiger partial charge is 0.364 e. The van der Waals surface area contributed by atoms with Gasteiger partial charge in [0.05, 0.1) is 10.0 Å². The maximum absolute atomic E-state index is 12.7. The van der Waals surface area contributed by atoms with Crippen LogP contribution in [-0.4, -0.2) is 30.4 Å². The van der Waals surface area contributed by atoms with Crippen molar-refractivity contribution >= 4 is 51.2 Å². The van der Waals surface area contributed by atoms with Crippen LogP contribution in [0.4, 0.5) is 0 Å². The summed E-state index contributed by atoms with van der Waals surface area (Å²) in [6.45, 7) is 0.305. The van der Waals surface area contributed by atoms with Crippen molar-refractivity contribution < 1.29 is 4.79 Å². The van der Waals surface area contributed by atoms with Crippen molar-refractivity contribution in [2.45, 2.75) is 13.0 Å². The molecule has 160 valence electrons. The zero-order valence-electron chi connectivity index (χ0n) is 16.5. The number of nitrogens with one attached hydrogen (secondary N) is 2. The Kier molecular flexibility index (Phi) is 4.96. The number of nitrogens with two attached hydrogens (primary N) is 1. The average molecular weight is 467 g/mol. The first-order valence-corrected chi connectivity index (χ1v) is 10.5. The maximum atomic E-state index is 12.7. The molecule has 0 aliphatic heterocycles. The van der Waals surface area contributed by atoms with Gasteiger partial charge in [-0.2, -0.15) is 0 Å². The molecule has 5 rings (SSSR count). The molecular formula is C22H16Cl2N6O2. The fourth-order valence-electron chi connectivity index (χ4n) is 3.75. The van der Waals surface area contributed by atoms with Crippen molar-refractivity contribution in [2.75, 3.05) is 0 Å². The molecule has 4 N–H and O–H groups in total. The average Bonchev–Trinajstić information content (AvgIpc) is 3.37. The highest BCUT2D eigenvalue weighted by Gasteiger charge is 2.20. The van der Waals surface area contributed by atoms with E-state index in [1.807, 2.05) is 36.5 Å². The van der Waals surface area contributed by atoms with Crippen molar-refractivity contribution in [1.29, 1.82) is 0 Å². The van der Waals surface area contributed by atoms with E-state index in [0.29, 0.717) is 34.5 Å². The molecule has 0 saturated carbocycles. The molecule has 0 aliphatic rings. The smallest absolute Gasteiger partial charge is 0.327 e. The molecule has 0 radical (unpaired) electrons. The number of aromatic nitrogens is 5. The lowest BCUT2D eigenvalue weighted by atomic mass is 10.1. The Labute approximate surface area is 191 Å². The molecule has 0 aliphatic carbocycles. The van der Waals surface area contributed by atoms with E-state index in [1.54, 1.807) is 12.1 Å². The van der Waals surface area contributed by atoms with E-state index in [0.717, 1.165) is 22.0 Å². The highest BCUT2D eigenvalue weighted by atomic mass is 35.5. The summed E-state index contributed by atoms with van der Waals surface area (Å²) in [7, 11) is 0. The van der Waals surface area contributed by atoms with Crippen molar-refractivity contribution in [3.8, 4) is 11.4 Å². The summed E-state index contributed by atoms with van der Waals surface area (Å²) >= 11 is 12.1. The standard InChI is InChI=1S/C22H16Cl2N6O2/c23-14-5-4-11(10-15(14)24)7-9-30-21-18(28-22(30)32)17(19(25)31)27-20(29-21)13-2-1-3-16-12(13)6-8-26-16/h1-6,8,10,26H,7,9H2,(H2,25,31)(H,28,32). The van der Waals surface area contributed by atoms with Crippen molar-refractivity contribution in [3.63, 3.8) is 0 Å². The number of benzene rings is 2. The van der Waals surface area contributed by atoms with Crippen LogP contribution in [0.25, 0.3) is 33.5 Å². The van der Waals surface area contributed by atoms with Crippen LogP contribution in [0.2, 0.25) is 10.0 Å². The van der Waals surface area contributed by atoms with Gasteiger partial charge in [-0.25, -0.2) is 14.8 Å². The number of nitrogens with zero attached hydrogens (tertiary/aromatic N) is 3. The van der Waals surface area contributed by atoms with E-state index in [9.17, 15) is 9.59 Å². The molecule has 0 atom stereocenters. The Hall–Kier alpha value is -3.62. The van der Waals surface area contributed by atoms with Crippen molar-refractivity contribution in [1.82, 2.24) is 24.5 Å². The van der Waals surface area contributed by atoms with E-state index >= 15 is 0 Å². The normalized spacial score (nSPS) is 11.4. The van der Waals surface area contributed by atoms with Gasteiger partial charge >= 0.3 is 5.69 Å². The Balaban J connectivity index is 1.65. The summed E-state index contributed by atoms with van der Waals surface area (Å²) in [5, 5.41) is 1.79. The minimum atomic E-state index is -0.752. The molecule has 10 heteroatoms. The topological polar surface area (TPSA) is 122 Å². The lowest BCUT2D eigenvalue weighted by Gasteiger charge is -2.08. The Morgan fingerprint density at radius 2 is 1.94 bits per heavy atom. The number of fused-ring (bicyclic) bond motifs is 2. The molecule has 0 bridgehead atoms. The number of imidazole rings is 1. The second kappa shape index (κ2) is 7.81. The highest BCUT2D eigenvalue weighted by Crippen LogP contribution is 2.28. The molecule has 32 heavy (non-hydrogen) atoms. The Morgan fingerprint density at radius 3 is 2.72 bits per heavy atom. The third-order valence-electron chi connectivity index (χ3n) is 5.30. The van der Waals surface area contributed by atoms with E-state index < -0.39 is 11.6 Å². The SMILES string of the molecule is NC(=O)c1nc(-c2cccc3[nH]ccc23)nc2c1[nH]c(=O)n2CCc1ccc(Cl)c(Cl)c1. The van der Waals surface area contributed by atoms with Gasteiger partial charge in [0.2, 0.25) is 0 Å². The third kappa shape index (κ3) is 3.43. The summed E-state index contributed by atoms with van der Waals surface area (Å²) in [4.78, 5) is 39.7. The Morgan fingerprint density at radius 1 is 1.09 bits per heavy atom. The number of amides is 1. The fraction of sp³-hybridized carbons (Fsp3) is 0.0909. The van der Waals surface area contributed by atoms with Crippen LogP contribution in [-0.2, 0) is 13.0 Å². The maximum Gasteiger partial charge on any atom is 0.327 e. The van der Waals surface area contributed by atoms with E-state index in [1.165, 1.54) is 4.57 Å². The number of carbonyl (C=O) groups is 1. The molecule has 0 fully saturated rings. The summed E-state index contributed by atoms with van der Waals surface area (Å²) in [6.07, 6.45) is 2.31. The number of carbonyl (C=O) groups excluding carboxylic acids is 1. The molecule has 0 saturated heterocycles. The zero-order chi connectivity index (χ0) is 22.4. The van der Waals surface area contributed by atoms with E-state index in [-0.39, 0.29) is 11.2 Å². The summed E-state index contributed by atoms with van der Waals surface area (Å²) in [5.74, 6) is -0.448. The quantitative estimate of drug-likeness (QED) is 0.363. The van der Waals surface area contributed by atoms with Gasteiger partial charge in [0.15, 0.2) is 17.2 Å². The molecule has 3 aromatic heterocycles. The van der Waals surface area contributed by atoms with E-state index in [2.05, 4.69) is 19.9 Å². The van der Waals surface area contributed by atoms with Gasteiger partial charge in [-0.1, -0.05) is 41.4 Å². The minimum absolute atomic E-state index is 0.0390. The number of aryl methyl sites for hydroxylation is 2. The third-order valence-corrected chi connectivity index (χ3v) is 6.04. The second-order valence-corrected chi connectivity index (χ2v) is 8.10. The first-order chi connectivity index (χ1) is 15.4. The van der Waals surface area contributed by atoms with Crippen LogP contribution >= 0.6 is 23.2 Å². The molecular weight excluding hydrogens is 451 g/mol. The van der Waals surface area contributed by atoms with Gasteiger partial charge in [0.1, 0.15) is 5.52 Å². The lowest BCUT2D eigenvalue weighted by molar-refractivity contribution is 0.0997. The van der Waals surface area contributed by atoms with Crippen LogP contribution in [0.15, 0.2) is 53.5 Å². The molecule has 5 aromatic rings. The highest BCUT2D eigenvalue weighted by molar-refractivity contribution is 6.42. The van der Waals surface area contributed by atoms with Gasteiger partial charge in [0.25, 0.3) is 5.91 Å². The van der Waals surface area contributed by atoms with Gasteiger partial charge in [-0.05, 0) is 36.2 Å². The first-order valence-electron chi connectivity index (χ1n) is 9.73. The Bertz CT molecular complexity index is 1570. The molecule has 0 spiro atoms. The van der Waals surface area contributed by atoms with E-state index in [4.69, 9.17) is 28.9 Å². The number of rotatable bonds is 5. The first kappa shape index (κ1) is 20.3. The van der Waals surface area contributed by atoms with Gasteiger partial charge in [-0.3, -0.25) is 9.36 Å². The van der Waals surface area contributed by atoms with Crippen LogP contribution in [0.3, 0.4) is 0 Å². The van der Waals surface area contributed by atoms with Gasteiger partial charge in [-0.15, -0.1) is 0 Å². The minimum Gasteiger partial charge on any atom is -0.364 e.